The van der Waals surface area contributed by atoms with Crippen LogP contribution in [0.3, 0.4) is 0 Å². The highest BCUT2D eigenvalue weighted by Crippen LogP contribution is 2.26. The number of nitrogens with one attached hydrogen (secondary N) is 2. The van der Waals surface area contributed by atoms with E-state index in [0.717, 1.165) is 24.8 Å². The summed E-state index contributed by atoms with van der Waals surface area (Å²) in [6.07, 6.45) is 4.73. The number of anilines is 1. The molecule has 0 atom stereocenters. The van der Waals surface area contributed by atoms with Crippen molar-refractivity contribution in [3.05, 3.63) is 28.8 Å². The lowest BCUT2D eigenvalue weighted by Gasteiger charge is -2.31. The van der Waals surface area contributed by atoms with E-state index in [1.807, 2.05) is 6.92 Å². The topological polar surface area (TPSA) is 84.2 Å². The molecule has 0 aromatic heterocycles. The molecule has 126 valence electrons. The largest absolute Gasteiger partial charge is 0.354 e. The quantitative estimate of drug-likeness (QED) is 0.772. The zero-order chi connectivity index (χ0) is 16.9. The van der Waals surface area contributed by atoms with Crippen LogP contribution in [0.1, 0.15) is 44.1 Å². The molecule has 2 rings (SSSR count). The minimum absolute atomic E-state index is 0.149. The maximum absolute atomic E-state index is 12.2. The Morgan fingerprint density at radius 1 is 1.26 bits per heavy atom. The lowest BCUT2D eigenvalue weighted by atomic mass is 9.82. The Labute approximate surface area is 142 Å². The van der Waals surface area contributed by atoms with Crippen LogP contribution in [0.4, 0.5) is 5.69 Å². The molecule has 0 unspecified atom stereocenters. The summed E-state index contributed by atoms with van der Waals surface area (Å²) in [6, 6.07) is 5.36. The van der Waals surface area contributed by atoms with Crippen molar-refractivity contribution in [2.24, 2.45) is 5.73 Å². The van der Waals surface area contributed by atoms with E-state index in [0.29, 0.717) is 23.6 Å². The van der Waals surface area contributed by atoms with E-state index in [1.165, 1.54) is 0 Å². The Kier molecular flexibility index (Phi) is 6.02. The zero-order valence-corrected chi connectivity index (χ0v) is 14.2. The van der Waals surface area contributed by atoms with Gasteiger partial charge in [0.1, 0.15) is 0 Å². The molecule has 1 aliphatic carbocycles. The molecule has 4 N–H and O–H groups in total. The van der Waals surface area contributed by atoms with Gasteiger partial charge < -0.3 is 16.4 Å². The molecule has 0 spiro atoms. The van der Waals surface area contributed by atoms with E-state index in [-0.39, 0.29) is 24.8 Å². The van der Waals surface area contributed by atoms with Gasteiger partial charge >= 0.3 is 0 Å². The number of halogens is 1. The Morgan fingerprint density at radius 3 is 2.65 bits per heavy atom. The summed E-state index contributed by atoms with van der Waals surface area (Å²) < 4.78 is 0. The molecule has 0 heterocycles. The molecule has 2 amide bonds. The van der Waals surface area contributed by atoms with Crippen LogP contribution in [-0.2, 0) is 9.59 Å². The fraction of sp³-hybridized carbons (Fsp3) is 0.529. The Hall–Kier alpha value is -1.59. The van der Waals surface area contributed by atoms with Crippen molar-refractivity contribution >= 4 is 29.1 Å². The fourth-order valence-electron chi connectivity index (χ4n) is 2.83. The monoisotopic (exact) mass is 337 g/mol. The second-order valence-corrected chi connectivity index (χ2v) is 6.59. The molecule has 6 heteroatoms. The van der Waals surface area contributed by atoms with Crippen LogP contribution in [0.15, 0.2) is 18.2 Å². The van der Waals surface area contributed by atoms with Crippen molar-refractivity contribution in [3.63, 3.8) is 0 Å². The van der Waals surface area contributed by atoms with Crippen molar-refractivity contribution in [2.45, 2.75) is 51.0 Å². The lowest BCUT2D eigenvalue weighted by molar-refractivity contribution is -0.127. The number of carbonyl (C=O) groups excluding carboxylic acids is 2. The van der Waals surface area contributed by atoms with Crippen molar-refractivity contribution in [2.75, 3.05) is 11.9 Å². The minimum Gasteiger partial charge on any atom is -0.354 e. The second-order valence-electron chi connectivity index (χ2n) is 6.18. The highest BCUT2D eigenvalue weighted by atomic mass is 35.5. The van der Waals surface area contributed by atoms with Crippen LogP contribution < -0.4 is 16.4 Å². The summed E-state index contributed by atoms with van der Waals surface area (Å²) in [6.45, 7) is 2.13. The summed E-state index contributed by atoms with van der Waals surface area (Å²) in [7, 11) is 0. The van der Waals surface area contributed by atoms with Gasteiger partial charge in [0.2, 0.25) is 11.8 Å². The van der Waals surface area contributed by atoms with Crippen LogP contribution in [0, 0.1) is 6.92 Å². The lowest BCUT2D eigenvalue weighted by Crippen LogP contribution is -2.55. The van der Waals surface area contributed by atoms with Gasteiger partial charge in [0.15, 0.2) is 0 Å². The molecule has 1 aromatic rings. The number of amides is 2. The van der Waals surface area contributed by atoms with E-state index in [9.17, 15) is 9.59 Å². The van der Waals surface area contributed by atoms with Crippen molar-refractivity contribution in [1.29, 1.82) is 0 Å². The summed E-state index contributed by atoms with van der Waals surface area (Å²) >= 11 is 6.02. The second kappa shape index (κ2) is 7.79. The molecule has 23 heavy (non-hydrogen) atoms. The van der Waals surface area contributed by atoms with Crippen LogP contribution in [0.2, 0.25) is 5.02 Å². The van der Waals surface area contributed by atoms with Gasteiger partial charge in [-0.15, -0.1) is 0 Å². The van der Waals surface area contributed by atoms with Crippen molar-refractivity contribution < 1.29 is 9.59 Å². The number of nitrogens with two attached hydrogens (primary N) is 1. The first kappa shape index (κ1) is 17.8. The van der Waals surface area contributed by atoms with E-state index < -0.39 is 5.54 Å². The molecule has 1 aliphatic rings. The summed E-state index contributed by atoms with van der Waals surface area (Å²) in [5.41, 5.74) is 6.91. The molecular weight excluding hydrogens is 314 g/mol. The molecule has 1 saturated carbocycles. The van der Waals surface area contributed by atoms with Gasteiger partial charge in [-0.2, -0.15) is 0 Å². The Morgan fingerprint density at radius 2 is 1.96 bits per heavy atom. The number of benzene rings is 1. The third-order valence-corrected chi connectivity index (χ3v) is 4.79. The van der Waals surface area contributed by atoms with Crippen molar-refractivity contribution in [1.82, 2.24) is 5.32 Å². The molecule has 1 fully saturated rings. The first-order valence-electron chi connectivity index (χ1n) is 8.04. The molecular formula is C17H24ClN3O2. The number of carbonyl (C=O) groups is 2. The molecule has 5 nitrogen and oxygen atoms in total. The minimum atomic E-state index is -0.766. The average Bonchev–Trinajstić information content (AvgIpc) is 2.52. The zero-order valence-electron chi connectivity index (χ0n) is 13.5. The number of hydrogen-bond donors (Lipinski definition) is 3. The van der Waals surface area contributed by atoms with Gasteiger partial charge in [-0.25, -0.2) is 0 Å². The fourth-order valence-corrected chi connectivity index (χ4v) is 3.01. The van der Waals surface area contributed by atoms with Gasteiger partial charge in [-0.3, -0.25) is 9.59 Å². The van der Waals surface area contributed by atoms with E-state index in [1.54, 1.807) is 18.2 Å². The van der Waals surface area contributed by atoms with Crippen LogP contribution in [0.5, 0.6) is 0 Å². The smallest absolute Gasteiger partial charge is 0.240 e. The summed E-state index contributed by atoms with van der Waals surface area (Å²) in [5.74, 6) is -0.311. The maximum atomic E-state index is 12.2. The van der Waals surface area contributed by atoms with Gasteiger partial charge in [0, 0.05) is 23.7 Å². The number of hydrogen-bond acceptors (Lipinski definition) is 3. The molecule has 1 aromatic carbocycles. The van der Waals surface area contributed by atoms with Crippen molar-refractivity contribution in [3.8, 4) is 0 Å². The van der Waals surface area contributed by atoms with Gasteiger partial charge in [0.25, 0.3) is 0 Å². The van der Waals surface area contributed by atoms with E-state index in [2.05, 4.69) is 10.6 Å². The van der Waals surface area contributed by atoms with Crippen LogP contribution in [0.25, 0.3) is 0 Å². The summed E-state index contributed by atoms with van der Waals surface area (Å²) in [4.78, 5) is 24.2. The average molecular weight is 338 g/mol. The Balaban J connectivity index is 1.78. The van der Waals surface area contributed by atoms with Gasteiger partial charge in [-0.1, -0.05) is 36.9 Å². The summed E-state index contributed by atoms with van der Waals surface area (Å²) in [5, 5.41) is 6.20. The van der Waals surface area contributed by atoms with Gasteiger partial charge in [0.05, 0.1) is 5.54 Å². The maximum Gasteiger partial charge on any atom is 0.240 e. The first-order valence-corrected chi connectivity index (χ1v) is 8.42. The van der Waals surface area contributed by atoms with Gasteiger partial charge in [-0.05, 0) is 37.5 Å². The predicted molar refractivity (Wildman–Crippen MR) is 92.4 cm³/mol. The standard InChI is InChI=1S/C17H24ClN3O2/c1-12-13(18)6-5-7-14(12)21-15(22)8-11-20-16(23)17(19)9-3-2-4-10-17/h5-7H,2-4,8-11,19H2,1H3,(H,20,23)(H,21,22). The highest BCUT2D eigenvalue weighted by molar-refractivity contribution is 6.31. The number of rotatable bonds is 5. The normalized spacial score (nSPS) is 16.7. The van der Waals surface area contributed by atoms with E-state index >= 15 is 0 Å². The molecule has 0 saturated heterocycles. The highest BCUT2D eigenvalue weighted by Gasteiger charge is 2.34. The predicted octanol–water partition coefficient (Wildman–Crippen LogP) is 2.75. The third kappa shape index (κ3) is 4.69. The molecule has 0 radical (unpaired) electrons. The molecule has 0 aliphatic heterocycles. The van der Waals surface area contributed by atoms with Crippen LogP contribution in [-0.4, -0.2) is 23.9 Å². The SMILES string of the molecule is Cc1c(Cl)cccc1NC(=O)CCNC(=O)C1(N)CCCCC1. The Bertz CT molecular complexity index is 583. The molecule has 0 bridgehead atoms. The first-order chi connectivity index (χ1) is 10.9. The third-order valence-electron chi connectivity index (χ3n) is 4.38. The van der Waals surface area contributed by atoms with E-state index in [4.69, 9.17) is 17.3 Å². The van der Waals surface area contributed by atoms with Crippen LogP contribution >= 0.6 is 11.6 Å².